The zero-order valence-corrected chi connectivity index (χ0v) is 17.0. The molecule has 4 aliphatic carbocycles. The molecule has 0 amide bonds. The second-order valence-corrected chi connectivity index (χ2v) is 10.1. The Kier molecular flexibility index (Phi) is 4.96. The maximum Gasteiger partial charge on any atom is 0.129 e. The molecule has 0 spiro atoms. The first-order chi connectivity index (χ1) is 12.5. The zero-order chi connectivity index (χ0) is 18.4. The molecule has 0 bridgehead atoms. The van der Waals surface area contributed by atoms with E-state index < -0.39 is 0 Å². The predicted octanol–water partition coefficient (Wildman–Crippen LogP) is 5.16. The fraction of sp³-hybridized carbons (Fsp3) is 0.870. The van der Waals surface area contributed by atoms with Crippen molar-refractivity contribution in [3.05, 3.63) is 11.6 Å². The van der Waals surface area contributed by atoms with Gasteiger partial charge in [0.1, 0.15) is 6.61 Å². The third-order valence-corrected chi connectivity index (χ3v) is 9.16. The lowest BCUT2D eigenvalue weighted by Crippen LogP contribution is -2.50. The van der Waals surface area contributed by atoms with Crippen molar-refractivity contribution in [2.24, 2.45) is 51.3 Å². The van der Waals surface area contributed by atoms with Crippen molar-refractivity contribution in [3.8, 4) is 0 Å². The van der Waals surface area contributed by atoms with Crippen molar-refractivity contribution in [3.63, 3.8) is 0 Å². The minimum atomic E-state index is 0.443. The van der Waals surface area contributed by atoms with Gasteiger partial charge in [0, 0.05) is 12.5 Å². The lowest BCUT2D eigenvalue weighted by molar-refractivity contribution is -0.0494. The Bertz CT molecular complexity index is 585. The Morgan fingerprint density at radius 2 is 2.00 bits per heavy atom. The van der Waals surface area contributed by atoms with Gasteiger partial charge < -0.3 is 10.6 Å². The number of rotatable bonds is 4. The van der Waals surface area contributed by atoms with Gasteiger partial charge in [-0.05, 0) is 85.9 Å². The van der Waals surface area contributed by atoms with E-state index in [1.54, 1.807) is 5.57 Å². The van der Waals surface area contributed by atoms with Gasteiger partial charge in [-0.2, -0.15) is 0 Å². The van der Waals surface area contributed by atoms with Crippen LogP contribution in [0.1, 0.15) is 72.1 Å². The van der Waals surface area contributed by atoms with E-state index in [9.17, 15) is 0 Å². The molecule has 146 valence electrons. The molecule has 0 radical (unpaired) electrons. The van der Waals surface area contributed by atoms with Crippen molar-refractivity contribution in [1.82, 2.24) is 0 Å². The highest BCUT2D eigenvalue weighted by Crippen LogP contribution is 2.66. The molecule has 0 saturated heterocycles. The molecule has 0 aromatic rings. The molecule has 0 heterocycles. The van der Waals surface area contributed by atoms with Crippen LogP contribution in [0.3, 0.4) is 0 Å². The number of hydrogen-bond donors (Lipinski definition) is 1. The Labute approximate surface area is 159 Å². The Hall–Kier alpha value is -0.830. The smallest absolute Gasteiger partial charge is 0.129 e. The van der Waals surface area contributed by atoms with Gasteiger partial charge in [0.2, 0.25) is 0 Å². The van der Waals surface area contributed by atoms with Gasteiger partial charge in [0.05, 0.1) is 6.21 Å². The molecule has 2 N–H and O–H groups in total. The van der Waals surface area contributed by atoms with E-state index in [2.05, 4.69) is 32.0 Å². The number of hydrogen-bond acceptors (Lipinski definition) is 3. The van der Waals surface area contributed by atoms with Crippen LogP contribution in [0.2, 0.25) is 0 Å². The molecule has 3 heteroatoms. The molecule has 3 fully saturated rings. The molecule has 0 aliphatic heterocycles. The fourth-order valence-electron chi connectivity index (χ4n) is 7.36. The molecule has 3 unspecified atom stereocenters. The average molecular weight is 359 g/mol. The topological polar surface area (TPSA) is 47.6 Å². The molecule has 4 aliphatic rings. The molecule has 7 atom stereocenters. The lowest BCUT2D eigenvalue weighted by Gasteiger charge is -2.58. The Morgan fingerprint density at radius 1 is 1.15 bits per heavy atom. The molecule has 26 heavy (non-hydrogen) atoms. The van der Waals surface area contributed by atoms with Crippen LogP contribution in [-0.2, 0) is 4.84 Å². The second kappa shape index (κ2) is 6.96. The molecular weight excluding hydrogens is 320 g/mol. The summed E-state index contributed by atoms with van der Waals surface area (Å²) in [7, 11) is 0. The summed E-state index contributed by atoms with van der Waals surface area (Å²) in [6, 6.07) is 0. The normalized spacial score (nSPS) is 47.8. The quantitative estimate of drug-likeness (QED) is 0.326. The molecule has 0 aromatic heterocycles. The number of fused-ring (bicyclic) bond motifs is 5. The molecule has 4 rings (SSSR count). The maximum atomic E-state index is 5.46. The Balaban J connectivity index is 1.51. The highest BCUT2D eigenvalue weighted by atomic mass is 16.6. The van der Waals surface area contributed by atoms with E-state index in [0.29, 0.717) is 29.9 Å². The first kappa shape index (κ1) is 18.5. The first-order valence-electron chi connectivity index (χ1n) is 11.1. The number of nitrogens with two attached hydrogens (primary N) is 1. The van der Waals surface area contributed by atoms with E-state index in [-0.39, 0.29) is 0 Å². The average Bonchev–Trinajstić information content (AvgIpc) is 2.94. The van der Waals surface area contributed by atoms with Gasteiger partial charge in [-0.15, -0.1) is 0 Å². The van der Waals surface area contributed by atoms with Crippen molar-refractivity contribution in [2.45, 2.75) is 72.1 Å². The zero-order valence-electron chi connectivity index (χ0n) is 17.0. The minimum absolute atomic E-state index is 0.443. The van der Waals surface area contributed by atoms with E-state index in [1.165, 1.54) is 51.4 Å². The van der Waals surface area contributed by atoms with Crippen LogP contribution < -0.4 is 5.73 Å². The summed E-state index contributed by atoms with van der Waals surface area (Å²) < 4.78 is 0. The van der Waals surface area contributed by atoms with Gasteiger partial charge in [0.15, 0.2) is 0 Å². The van der Waals surface area contributed by atoms with Crippen LogP contribution in [0.4, 0.5) is 0 Å². The van der Waals surface area contributed by atoms with Gasteiger partial charge in [0.25, 0.3) is 0 Å². The monoisotopic (exact) mass is 358 g/mol. The summed E-state index contributed by atoms with van der Waals surface area (Å²) in [4.78, 5) is 5.22. The van der Waals surface area contributed by atoms with Crippen LogP contribution in [-0.4, -0.2) is 19.4 Å². The number of oxime groups is 1. The molecular formula is C23H38N2O. The molecule has 3 saturated carbocycles. The first-order valence-corrected chi connectivity index (χ1v) is 11.1. The highest BCUT2D eigenvalue weighted by molar-refractivity contribution is 5.63. The van der Waals surface area contributed by atoms with E-state index in [4.69, 9.17) is 10.6 Å². The van der Waals surface area contributed by atoms with Crippen molar-refractivity contribution in [1.29, 1.82) is 0 Å². The van der Waals surface area contributed by atoms with Gasteiger partial charge in [-0.25, -0.2) is 0 Å². The van der Waals surface area contributed by atoms with Crippen LogP contribution >= 0.6 is 0 Å². The van der Waals surface area contributed by atoms with E-state index in [1.807, 2.05) is 6.21 Å². The lowest BCUT2D eigenvalue weighted by atomic mass is 9.46. The summed E-state index contributed by atoms with van der Waals surface area (Å²) in [6.45, 7) is 8.78. The maximum absolute atomic E-state index is 5.46. The third-order valence-electron chi connectivity index (χ3n) is 9.16. The van der Waals surface area contributed by atoms with Crippen molar-refractivity contribution in [2.75, 3.05) is 13.2 Å². The fourth-order valence-corrected chi connectivity index (χ4v) is 7.36. The van der Waals surface area contributed by atoms with Gasteiger partial charge in [-0.3, -0.25) is 0 Å². The number of allylic oxidation sites excluding steroid dienone is 2. The molecule has 0 aromatic carbocycles. The van der Waals surface area contributed by atoms with Crippen LogP contribution in [0.25, 0.3) is 0 Å². The summed E-state index contributed by atoms with van der Waals surface area (Å²) in [5.41, 5.74) is 8.26. The van der Waals surface area contributed by atoms with E-state index >= 15 is 0 Å². The number of nitrogens with zero attached hydrogens (tertiary/aromatic N) is 1. The highest BCUT2D eigenvalue weighted by Gasteiger charge is 2.57. The van der Waals surface area contributed by atoms with Crippen LogP contribution in [0.15, 0.2) is 16.8 Å². The molecule has 3 nitrogen and oxygen atoms in total. The van der Waals surface area contributed by atoms with Crippen LogP contribution in [0.5, 0.6) is 0 Å². The van der Waals surface area contributed by atoms with Crippen molar-refractivity contribution >= 4 is 6.21 Å². The third kappa shape index (κ3) is 2.85. The predicted molar refractivity (Wildman–Crippen MR) is 108 cm³/mol. The SMILES string of the molecule is C[C@H]1CCC2C3CCC4=C[C@@H](C=NOCCN)CC[C@]4(C)C3CC[C@@]21C. The van der Waals surface area contributed by atoms with Crippen LogP contribution in [0, 0.1) is 40.4 Å². The van der Waals surface area contributed by atoms with Gasteiger partial charge in [-0.1, -0.05) is 37.6 Å². The minimum Gasteiger partial charge on any atom is -0.395 e. The summed E-state index contributed by atoms with van der Waals surface area (Å²) in [6.07, 6.45) is 15.7. The Morgan fingerprint density at radius 3 is 2.81 bits per heavy atom. The summed E-state index contributed by atoms with van der Waals surface area (Å²) in [5, 5.41) is 4.14. The second-order valence-electron chi connectivity index (χ2n) is 10.1. The summed E-state index contributed by atoms with van der Waals surface area (Å²) >= 11 is 0. The van der Waals surface area contributed by atoms with E-state index in [0.717, 1.165) is 23.7 Å². The summed E-state index contributed by atoms with van der Waals surface area (Å²) in [5.74, 6) is 4.25. The largest absolute Gasteiger partial charge is 0.395 e. The van der Waals surface area contributed by atoms with Crippen molar-refractivity contribution < 1.29 is 4.84 Å². The van der Waals surface area contributed by atoms with Gasteiger partial charge >= 0.3 is 0 Å². The standard InChI is InChI=1S/C23H38N2O/c1-16-4-7-20-19-6-5-18-14-17(15-25-26-13-12-24)8-10-23(18,3)21(19)9-11-22(16,20)2/h14-17,19-21H,4-13,24H2,1-3H3/t16-,17-,19?,20?,21?,22+,23-/m0/s1.